The molecule has 0 radical (unpaired) electrons. The van der Waals surface area contributed by atoms with Gasteiger partial charge in [0.25, 0.3) is 0 Å². The molecule has 102 valence electrons. The Morgan fingerprint density at radius 1 is 1.06 bits per heavy atom. The monoisotopic (exact) mass is 240 g/mol. The molecule has 0 aromatic heterocycles. The molecule has 1 saturated heterocycles. The summed E-state index contributed by atoms with van der Waals surface area (Å²) in [4.78, 5) is 2.62. The molecule has 2 atom stereocenters. The number of hydrogen-bond acceptors (Lipinski definition) is 2. The van der Waals surface area contributed by atoms with Gasteiger partial charge < -0.3 is 5.73 Å². The van der Waals surface area contributed by atoms with Gasteiger partial charge in [0.2, 0.25) is 0 Å². The number of likely N-dealkylation sites (tertiary alicyclic amines) is 1. The van der Waals surface area contributed by atoms with Crippen LogP contribution < -0.4 is 5.73 Å². The Morgan fingerprint density at radius 3 is 2.35 bits per heavy atom. The molecule has 0 saturated carbocycles. The van der Waals surface area contributed by atoms with E-state index in [2.05, 4.69) is 18.7 Å². The molecule has 0 spiro atoms. The average Bonchev–Trinajstić information content (AvgIpc) is 2.69. The number of unbranched alkanes of at least 4 members (excludes halogenated alkanes) is 6. The summed E-state index contributed by atoms with van der Waals surface area (Å²) < 4.78 is 0. The van der Waals surface area contributed by atoms with Gasteiger partial charge in [-0.2, -0.15) is 0 Å². The molecule has 1 fully saturated rings. The fourth-order valence-electron chi connectivity index (χ4n) is 3.02. The summed E-state index contributed by atoms with van der Waals surface area (Å²) in [5, 5.41) is 0. The first-order valence-corrected chi connectivity index (χ1v) is 7.73. The van der Waals surface area contributed by atoms with Crippen molar-refractivity contribution >= 4 is 0 Å². The van der Waals surface area contributed by atoms with Gasteiger partial charge in [0.05, 0.1) is 0 Å². The summed E-state index contributed by atoms with van der Waals surface area (Å²) in [6.45, 7) is 8.03. The quantitative estimate of drug-likeness (QED) is 0.626. The fourth-order valence-corrected chi connectivity index (χ4v) is 3.02. The van der Waals surface area contributed by atoms with E-state index in [4.69, 9.17) is 5.73 Å². The van der Waals surface area contributed by atoms with Gasteiger partial charge >= 0.3 is 0 Å². The maximum atomic E-state index is 5.86. The van der Waals surface area contributed by atoms with Crippen molar-refractivity contribution in [3.8, 4) is 0 Å². The van der Waals surface area contributed by atoms with E-state index in [9.17, 15) is 0 Å². The van der Waals surface area contributed by atoms with Crippen LogP contribution in [0.5, 0.6) is 0 Å². The molecular weight excluding hydrogens is 208 g/mol. The minimum absolute atomic E-state index is 0.662. The molecule has 2 unspecified atom stereocenters. The topological polar surface area (TPSA) is 29.3 Å². The molecule has 2 heteroatoms. The van der Waals surface area contributed by atoms with Crippen molar-refractivity contribution in [3.05, 3.63) is 0 Å². The maximum absolute atomic E-state index is 5.86. The van der Waals surface area contributed by atoms with Crippen LogP contribution in [-0.2, 0) is 0 Å². The Balaban J connectivity index is 1.99. The Labute approximate surface area is 108 Å². The van der Waals surface area contributed by atoms with Crippen LogP contribution in [-0.4, -0.2) is 30.6 Å². The lowest BCUT2D eigenvalue weighted by atomic mass is 10.0. The summed E-state index contributed by atoms with van der Waals surface area (Å²) in [5.41, 5.74) is 5.86. The van der Waals surface area contributed by atoms with Gasteiger partial charge in [0, 0.05) is 12.6 Å². The standard InChI is InChI=1S/C15H32N2/c1-3-4-5-6-7-8-9-11-17-12-10-14(2)15(17)13-16/h14-15H,3-13,16H2,1-2H3. The first-order valence-electron chi connectivity index (χ1n) is 7.73. The highest BCUT2D eigenvalue weighted by Gasteiger charge is 2.28. The Bertz CT molecular complexity index is 182. The third kappa shape index (κ3) is 5.39. The molecule has 2 nitrogen and oxygen atoms in total. The minimum Gasteiger partial charge on any atom is -0.329 e. The second kappa shape index (κ2) is 8.93. The lowest BCUT2D eigenvalue weighted by Gasteiger charge is -2.25. The summed E-state index contributed by atoms with van der Waals surface area (Å²) in [5.74, 6) is 0.810. The van der Waals surface area contributed by atoms with Crippen LogP contribution in [0.3, 0.4) is 0 Å². The second-order valence-electron chi connectivity index (χ2n) is 5.73. The highest BCUT2D eigenvalue weighted by Crippen LogP contribution is 2.23. The first-order chi connectivity index (χ1) is 8.29. The van der Waals surface area contributed by atoms with Crippen LogP contribution >= 0.6 is 0 Å². The molecule has 1 heterocycles. The summed E-state index contributed by atoms with van der Waals surface area (Å²) in [7, 11) is 0. The Morgan fingerprint density at radius 2 is 1.71 bits per heavy atom. The van der Waals surface area contributed by atoms with E-state index in [0.717, 1.165) is 12.5 Å². The van der Waals surface area contributed by atoms with Crippen LogP contribution in [0.4, 0.5) is 0 Å². The van der Waals surface area contributed by atoms with E-state index in [1.165, 1.54) is 64.5 Å². The van der Waals surface area contributed by atoms with Gasteiger partial charge in [-0.05, 0) is 31.8 Å². The molecule has 0 aromatic rings. The molecule has 1 rings (SSSR count). The molecule has 2 N–H and O–H groups in total. The second-order valence-corrected chi connectivity index (χ2v) is 5.73. The van der Waals surface area contributed by atoms with Gasteiger partial charge in [-0.3, -0.25) is 4.90 Å². The number of rotatable bonds is 9. The van der Waals surface area contributed by atoms with Crippen molar-refractivity contribution in [1.82, 2.24) is 4.90 Å². The summed E-state index contributed by atoms with van der Waals surface area (Å²) >= 11 is 0. The van der Waals surface area contributed by atoms with Crippen molar-refractivity contribution in [2.45, 2.75) is 71.3 Å². The Kier molecular flexibility index (Phi) is 7.87. The van der Waals surface area contributed by atoms with Crippen molar-refractivity contribution in [2.24, 2.45) is 11.7 Å². The predicted molar refractivity (Wildman–Crippen MR) is 76.2 cm³/mol. The van der Waals surface area contributed by atoms with Crippen LogP contribution in [0.25, 0.3) is 0 Å². The van der Waals surface area contributed by atoms with E-state index in [1.807, 2.05) is 0 Å². The third-order valence-corrected chi connectivity index (χ3v) is 4.29. The normalized spacial score (nSPS) is 25.6. The Hall–Kier alpha value is -0.0800. The van der Waals surface area contributed by atoms with Gasteiger partial charge in [0.1, 0.15) is 0 Å². The van der Waals surface area contributed by atoms with Crippen molar-refractivity contribution in [2.75, 3.05) is 19.6 Å². The average molecular weight is 240 g/mol. The SMILES string of the molecule is CCCCCCCCCN1CCC(C)C1CN. The van der Waals surface area contributed by atoms with E-state index in [0.29, 0.717) is 6.04 Å². The number of nitrogens with two attached hydrogens (primary N) is 1. The van der Waals surface area contributed by atoms with Crippen LogP contribution in [0.15, 0.2) is 0 Å². The maximum Gasteiger partial charge on any atom is 0.0244 e. The molecule has 0 aromatic carbocycles. The smallest absolute Gasteiger partial charge is 0.0244 e. The lowest BCUT2D eigenvalue weighted by molar-refractivity contribution is 0.231. The largest absolute Gasteiger partial charge is 0.329 e. The molecular formula is C15H32N2. The van der Waals surface area contributed by atoms with Crippen LogP contribution in [0.2, 0.25) is 0 Å². The predicted octanol–water partition coefficient (Wildman–Crippen LogP) is 3.41. The zero-order chi connectivity index (χ0) is 12.5. The summed E-state index contributed by atoms with van der Waals surface area (Å²) in [6, 6.07) is 0.662. The summed E-state index contributed by atoms with van der Waals surface area (Å²) in [6.07, 6.45) is 11.2. The van der Waals surface area contributed by atoms with Crippen LogP contribution in [0, 0.1) is 5.92 Å². The van der Waals surface area contributed by atoms with Crippen molar-refractivity contribution in [1.29, 1.82) is 0 Å². The van der Waals surface area contributed by atoms with Crippen LogP contribution in [0.1, 0.15) is 65.2 Å². The minimum atomic E-state index is 0.662. The molecule has 1 aliphatic rings. The van der Waals surface area contributed by atoms with Crippen molar-refractivity contribution < 1.29 is 0 Å². The number of hydrogen-bond donors (Lipinski definition) is 1. The highest BCUT2D eigenvalue weighted by molar-refractivity contribution is 4.84. The van der Waals surface area contributed by atoms with Gasteiger partial charge in [-0.25, -0.2) is 0 Å². The van der Waals surface area contributed by atoms with E-state index < -0.39 is 0 Å². The highest BCUT2D eigenvalue weighted by atomic mass is 15.2. The molecule has 17 heavy (non-hydrogen) atoms. The molecule has 0 amide bonds. The van der Waals surface area contributed by atoms with Gasteiger partial charge in [-0.15, -0.1) is 0 Å². The van der Waals surface area contributed by atoms with E-state index >= 15 is 0 Å². The van der Waals surface area contributed by atoms with Crippen molar-refractivity contribution in [3.63, 3.8) is 0 Å². The lowest BCUT2D eigenvalue weighted by Crippen LogP contribution is -2.38. The van der Waals surface area contributed by atoms with Gasteiger partial charge in [-0.1, -0.05) is 52.4 Å². The zero-order valence-corrected chi connectivity index (χ0v) is 12.0. The molecule has 0 aliphatic carbocycles. The fraction of sp³-hybridized carbons (Fsp3) is 1.00. The first kappa shape index (κ1) is 15.0. The number of nitrogens with zero attached hydrogens (tertiary/aromatic N) is 1. The zero-order valence-electron chi connectivity index (χ0n) is 12.0. The third-order valence-electron chi connectivity index (χ3n) is 4.29. The molecule has 0 bridgehead atoms. The molecule has 1 aliphatic heterocycles. The van der Waals surface area contributed by atoms with Gasteiger partial charge in [0.15, 0.2) is 0 Å². The van der Waals surface area contributed by atoms with E-state index in [1.54, 1.807) is 0 Å². The van der Waals surface area contributed by atoms with E-state index in [-0.39, 0.29) is 0 Å².